The first-order valence-electron chi connectivity index (χ1n) is 6.21. The van der Waals surface area contributed by atoms with E-state index in [-0.39, 0.29) is 12.1 Å². The first-order chi connectivity index (χ1) is 9.67. The van der Waals surface area contributed by atoms with Gasteiger partial charge in [0.05, 0.1) is 12.1 Å². The Morgan fingerprint density at radius 1 is 1.55 bits per heavy atom. The van der Waals surface area contributed by atoms with Gasteiger partial charge in [-0.15, -0.1) is 5.10 Å². The van der Waals surface area contributed by atoms with Gasteiger partial charge in [-0.2, -0.15) is 4.98 Å². The van der Waals surface area contributed by atoms with Crippen LogP contribution in [0.25, 0.3) is 0 Å². The van der Waals surface area contributed by atoms with Gasteiger partial charge in [0.2, 0.25) is 5.89 Å². The molecule has 0 saturated carbocycles. The summed E-state index contributed by atoms with van der Waals surface area (Å²) in [5, 5.41) is 7.91. The molecular formula is C11H14ClN5O2S. The predicted molar refractivity (Wildman–Crippen MR) is 72.5 cm³/mol. The molecule has 0 radical (unpaired) electrons. The molecule has 3 heterocycles. The third-order valence-corrected chi connectivity index (χ3v) is 4.37. The van der Waals surface area contributed by atoms with Gasteiger partial charge in [-0.3, -0.25) is 4.90 Å². The van der Waals surface area contributed by atoms with E-state index < -0.39 is 0 Å². The first-order valence-corrected chi connectivity index (χ1v) is 7.36. The molecule has 1 saturated heterocycles. The Labute approximate surface area is 125 Å². The van der Waals surface area contributed by atoms with E-state index in [2.05, 4.69) is 24.6 Å². The van der Waals surface area contributed by atoms with Gasteiger partial charge >= 0.3 is 0 Å². The Bertz CT molecular complexity index is 589. The maximum Gasteiger partial charge on any atom is 0.244 e. The Kier molecular flexibility index (Phi) is 3.97. The van der Waals surface area contributed by atoms with Crippen molar-refractivity contribution in [2.45, 2.75) is 32.0 Å². The largest absolute Gasteiger partial charge is 0.380 e. The van der Waals surface area contributed by atoms with Crippen LogP contribution >= 0.6 is 23.1 Å². The molecule has 0 unspecified atom stereocenters. The molecule has 0 N–H and O–H groups in total. The van der Waals surface area contributed by atoms with Crippen LogP contribution in [-0.2, 0) is 11.3 Å². The van der Waals surface area contributed by atoms with Crippen LogP contribution in [0.15, 0.2) is 4.52 Å². The van der Waals surface area contributed by atoms with Crippen LogP contribution in [0, 0.1) is 6.92 Å². The fraction of sp³-hybridized carbons (Fsp3) is 0.636. The third kappa shape index (κ3) is 2.69. The SMILES string of the molecule is CO[C@@H]1C[C@H](c2nc(C)no2)N(Cc2nnsc2Cl)C1. The summed E-state index contributed by atoms with van der Waals surface area (Å²) in [6.45, 7) is 3.18. The first kappa shape index (κ1) is 13.9. The van der Waals surface area contributed by atoms with Crippen LogP contribution in [0.3, 0.4) is 0 Å². The highest BCUT2D eigenvalue weighted by atomic mass is 35.5. The quantitative estimate of drug-likeness (QED) is 0.852. The number of methoxy groups -OCH3 is 1. The number of ether oxygens (including phenoxy) is 1. The van der Waals surface area contributed by atoms with E-state index in [4.69, 9.17) is 20.9 Å². The van der Waals surface area contributed by atoms with Crippen molar-refractivity contribution in [3.05, 3.63) is 21.7 Å². The molecule has 1 fully saturated rings. The summed E-state index contributed by atoms with van der Waals surface area (Å²) in [5.41, 5.74) is 0.773. The van der Waals surface area contributed by atoms with Gasteiger partial charge in [0, 0.05) is 31.7 Å². The fourth-order valence-electron chi connectivity index (χ4n) is 2.40. The lowest BCUT2D eigenvalue weighted by molar-refractivity contribution is 0.107. The van der Waals surface area contributed by atoms with Crippen LogP contribution in [0.4, 0.5) is 0 Å². The lowest BCUT2D eigenvalue weighted by Crippen LogP contribution is -2.25. The normalized spacial score (nSPS) is 23.6. The summed E-state index contributed by atoms with van der Waals surface area (Å²) in [7, 11) is 1.71. The van der Waals surface area contributed by atoms with E-state index in [0.29, 0.717) is 22.6 Å². The van der Waals surface area contributed by atoms with E-state index in [1.165, 1.54) is 11.5 Å². The highest BCUT2D eigenvalue weighted by Gasteiger charge is 2.37. The summed E-state index contributed by atoms with van der Waals surface area (Å²) in [6, 6.07) is 0.0268. The molecular weight excluding hydrogens is 302 g/mol. The number of halogens is 1. The second-order valence-corrected chi connectivity index (χ2v) is 6.07. The summed E-state index contributed by atoms with van der Waals surface area (Å²) >= 11 is 7.26. The van der Waals surface area contributed by atoms with Crippen molar-refractivity contribution >= 4 is 23.1 Å². The smallest absolute Gasteiger partial charge is 0.244 e. The van der Waals surface area contributed by atoms with Gasteiger partial charge in [-0.1, -0.05) is 21.2 Å². The topological polar surface area (TPSA) is 77.2 Å². The summed E-state index contributed by atoms with van der Waals surface area (Å²) in [6.07, 6.45) is 0.949. The summed E-state index contributed by atoms with van der Waals surface area (Å²) < 4.78 is 15.2. The van der Waals surface area contributed by atoms with E-state index in [1.54, 1.807) is 14.0 Å². The molecule has 0 aliphatic carbocycles. The maximum atomic E-state index is 6.07. The number of hydrogen-bond donors (Lipinski definition) is 0. The van der Waals surface area contributed by atoms with Gasteiger partial charge in [0.25, 0.3) is 0 Å². The van der Waals surface area contributed by atoms with E-state index in [9.17, 15) is 0 Å². The van der Waals surface area contributed by atoms with Gasteiger partial charge in [-0.05, 0) is 13.3 Å². The zero-order valence-electron chi connectivity index (χ0n) is 11.1. The number of rotatable bonds is 4. The van der Waals surface area contributed by atoms with Crippen LogP contribution < -0.4 is 0 Å². The lowest BCUT2D eigenvalue weighted by atomic mass is 10.2. The van der Waals surface area contributed by atoms with Gasteiger partial charge in [-0.25, -0.2) is 0 Å². The third-order valence-electron chi connectivity index (χ3n) is 3.39. The maximum absolute atomic E-state index is 6.07. The standard InChI is InChI=1S/C11H14ClN5O2S/c1-6-13-11(19-15-6)9-3-7(18-2)4-17(9)5-8-10(12)20-16-14-8/h7,9H,3-5H2,1-2H3/t7-,9-/m1/s1. The number of aryl methyl sites for hydroxylation is 1. The zero-order chi connectivity index (χ0) is 14.1. The van der Waals surface area contributed by atoms with Crippen molar-refractivity contribution in [3.63, 3.8) is 0 Å². The molecule has 1 aliphatic rings. The van der Waals surface area contributed by atoms with Crippen molar-refractivity contribution in [1.29, 1.82) is 0 Å². The average Bonchev–Trinajstić information content (AvgIpc) is 3.12. The zero-order valence-corrected chi connectivity index (χ0v) is 12.7. The molecule has 2 atom stereocenters. The second kappa shape index (κ2) is 5.72. The predicted octanol–water partition coefficient (Wildman–Crippen LogP) is 1.84. The van der Waals surface area contributed by atoms with Gasteiger partial charge in [0.1, 0.15) is 10.0 Å². The van der Waals surface area contributed by atoms with Crippen LogP contribution in [0.2, 0.25) is 4.34 Å². The Hall–Kier alpha value is -1.09. The molecule has 2 aromatic rings. The van der Waals surface area contributed by atoms with Crippen LogP contribution in [0.5, 0.6) is 0 Å². The van der Waals surface area contributed by atoms with Crippen molar-refractivity contribution in [2.75, 3.05) is 13.7 Å². The van der Waals surface area contributed by atoms with E-state index >= 15 is 0 Å². The molecule has 3 rings (SSSR count). The fourth-order valence-corrected chi connectivity index (χ4v) is 3.01. The summed E-state index contributed by atoms with van der Waals surface area (Å²) in [5.74, 6) is 1.25. The number of aromatic nitrogens is 4. The van der Waals surface area contributed by atoms with Gasteiger partial charge in [0.15, 0.2) is 5.82 Å². The Morgan fingerprint density at radius 2 is 2.40 bits per heavy atom. The van der Waals surface area contributed by atoms with Crippen LogP contribution in [0.1, 0.15) is 29.9 Å². The molecule has 0 aromatic carbocycles. The van der Waals surface area contributed by atoms with Crippen molar-refractivity contribution in [3.8, 4) is 0 Å². The molecule has 2 aromatic heterocycles. The minimum absolute atomic E-state index is 0.0268. The monoisotopic (exact) mass is 315 g/mol. The highest BCUT2D eigenvalue weighted by Crippen LogP contribution is 2.34. The lowest BCUT2D eigenvalue weighted by Gasteiger charge is -2.19. The Morgan fingerprint density at radius 3 is 3.00 bits per heavy atom. The van der Waals surface area contributed by atoms with Crippen molar-refractivity contribution in [2.24, 2.45) is 0 Å². The molecule has 108 valence electrons. The molecule has 1 aliphatic heterocycles. The molecule has 9 heteroatoms. The average molecular weight is 316 g/mol. The second-order valence-electron chi connectivity index (χ2n) is 4.71. The van der Waals surface area contributed by atoms with Crippen molar-refractivity contribution < 1.29 is 9.26 Å². The number of nitrogens with zero attached hydrogens (tertiary/aromatic N) is 5. The Balaban J connectivity index is 1.81. The van der Waals surface area contributed by atoms with Crippen LogP contribution in [-0.4, -0.2) is 44.4 Å². The number of likely N-dealkylation sites (tertiary alicyclic amines) is 1. The highest BCUT2D eigenvalue weighted by molar-refractivity contribution is 7.10. The summed E-state index contributed by atoms with van der Waals surface area (Å²) in [4.78, 5) is 6.51. The molecule has 0 bridgehead atoms. The number of hydrogen-bond acceptors (Lipinski definition) is 8. The van der Waals surface area contributed by atoms with E-state index in [0.717, 1.165) is 18.7 Å². The van der Waals surface area contributed by atoms with E-state index in [1.807, 2.05) is 0 Å². The van der Waals surface area contributed by atoms with Gasteiger partial charge < -0.3 is 9.26 Å². The minimum atomic E-state index is 0.0268. The van der Waals surface area contributed by atoms with Crippen molar-refractivity contribution in [1.82, 2.24) is 24.6 Å². The molecule has 0 spiro atoms. The minimum Gasteiger partial charge on any atom is -0.380 e. The molecule has 20 heavy (non-hydrogen) atoms. The molecule has 7 nitrogen and oxygen atoms in total. The molecule has 0 amide bonds.